The molecule has 1 fully saturated rings. The molecular weight excluding hydrogens is 236 g/mol. The van der Waals surface area contributed by atoms with Crippen molar-refractivity contribution < 1.29 is 13.9 Å². The maximum atomic E-state index is 13.5. The quantitative estimate of drug-likeness (QED) is 0.897. The molecule has 0 radical (unpaired) electrons. The molecule has 1 aromatic carbocycles. The van der Waals surface area contributed by atoms with Crippen LogP contribution in [0.5, 0.6) is 0 Å². The Morgan fingerprint density at radius 2 is 1.83 bits per heavy atom. The highest BCUT2D eigenvalue weighted by molar-refractivity contribution is 5.19. The molecule has 0 aliphatic heterocycles. The topological polar surface area (TPSA) is 23.5 Å². The van der Waals surface area contributed by atoms with Crippen LogP contribution in [0, 0.1) is 11.6 Å². The van der Waals surface area contributed by atoms with E-state index in [4.69, 9.17) is 0 Å². The second-order valence-corrected chi connectivity index (χ2v) is 5.03. The molecule has 2 rings (SSSR count). The predicted molar refractivity (Wildman–Crippen MR) is 66.1 cm³/mol. The standard InChI is InChI=1S/C14H19F2NO/c1-17(13-7-2-3-8-14(13)18)9-10-11(15)5-4-6-12(10)16/h4-6,13-14,18H,2-3,7-9H2,1H3. The van der Waals surface area contributed by atoms with E-state index in [9.17, 15) is 13.9 Å². The summed E-state index contributed by atoms with van der Waals surface area (Å²) in [5.74, 6) is -1.04. The van der Waals surface area contributed by atoms with Crippen LogP contribution < -0.4 is 0 Å². The first-order valence-electron chi connectivity index (χ1n) is 6.41. The Bertz CT molecular complexity index is 391. The molecule has 0 saturated heterocycles. The SMILES string of the molecule is CN(Cc1c(F)cccc1F)C1CCCCC1O. The lowest BCUT2D eigenvalue weighted by Crippen LogP contribution is -2.43. The van der Waals surface area contributed by atoms with Crippen molar-refractivity contribution in [3.05, 3.63) is 35.4 Å². The summed E-state index contributed by atoms with van der Waals surface area (Å²) >= 11 is 0. The van der Waals surface area contributed by atoms with Gasteiger partial charge >= 0.3 is 0 Å². The van der Waals surface area contributed by atoms with E-state index in [-0.39, 0.29) is 18.2 Å². The summed E-state index contributed by atoms with van der Waals surface area (Å²) in [6, 6.07) is 3.90. The molecule has 4 heteroatoms. The highest BCUT2D eigenvalue weighted by Gasteiger charge is 2.27. The minimum absolute atomic E-state index is 0.00208. The van der Waals surface area contributed by atoms with E-state index >= 15 is 0 Å². The molecule has 1 saturated carbocycles. The van der Waals surface area contributed by atoms with Crippen LogP contribution in [0.1, 0.15) is 31.2 Å². The highest BCUT2D eigenvalue weighted by atomic mass is 19.1. The molecule has 18 heavy (non-hydrogen) atoms. The number of benzene rings is 1. The van der Waals surface area contributed by atoms with Gasteiger partial charge < -0.3 is 5.11 Å². The molecule has 1 aromatic rings. The molecule has 100 valence electrons. The molecule has 0 bridgehead atoms. The van der Waals surface area contributed by atoms with Gasteiger partial charge in [-0.3, -0.25) is 4.90 Å². The van der Waals surface area contributed by atoms with Crippen molar-refractivity contribution >= 4 is 0 Å². The Kier molecular flexibility index (Phi) is 4.30. The highest BCUT2D eigenvalue weighted by Crippen LogP contribution is 2.24. The van der Waals surface area contributed by atoms with Gasteiger partial charge in [0.15, 0.2) is 0 Å². The fraction of sp³-hybridized carbons (Fsp3) is 0.571. The zero-order chi connectivity index (χ0) is 13.1. The van der Waals surface area contributed by atoms with Crippen LogP contribution in [0.4, 0.5) is 8.78 Å². The molecule has 0 amide bonds. The van der Waals surface area contributed by atoms with Crippen LogP contribution in [0.15, 0.2) is 18.2 Å². The van der Waals surface area contributed by atoms with Crippen molar-refractivity contribution in [2.24, 2.45) is 0 Å². The molecule has 0 aromatic heterocycles. The van der Waals surface area contributed by atoms with Gasteiger partial charge in [-0.25, -0.2) is 8.78 Å². The number of rotatable bonds is 3. The Morgan fingerprint density at radius 3 is 2.44 bits per heavy atom. The number of aliphatic hydroxyl groups excluding tert-OH is 1. The minimum Gasteiger partial charge on any atom is -0.391 e. The summed E-state index contributed by atoms with van der Waals surface area (Å²) in [6.07, 6.45) is 3.35. The Morgan fingerprint density at radius 1 is 1.22 bits per heavy atom. The first-order valence-corrected chi connectivity index (χ1v) is 6.41. The largest absolute Gasteiger partial charge is 0.391 e. The lowest BCUT2D eigenvalue weighted by molar-refractivity contribution is 0.0279. The smallest absolute Gasteiger partial charge is 0.130 e. The maximum Gasteiger partial charge on any atom is 0.130 e. The van der Waals surface area contributed by atoms with E-state index in [1.807, 2.05) is 11.9 Å². The third kappa shape index (κ3) is 2.87. The van der Waals surface area contributed by atoms with Gasteiger partial charge in [0.2, 0.25) is 0 Å². The molecule has 2 unspecified atom stereocenters. The number of hydrogen-bond acceptors (Lipinski definition) is 2. The van der Waals surface area contributed by atoms with Gasteiger partial charge in [-0.2, -0.15) is 0 Å². The second kappa shape index (κ2) is 5.76. The average Bonchev–Trinajstić information content (AvgIpc) is 2.34. The van der Waals surface area contributed by atoms with Crippen LogP contribution in [0.3, 0.4) is 0 Å². The van der Waals surface area contributed by atoms with E-state index in [1.165, 1.54) is 18.2 Å². The van der Waals surface area contributed by atoms with Crippen LogP contribution in [0.2, 0.25) is 0 Å². The number of aliphatic hydroxyl groups is 1. The van der Waals surface area contributed by atoms with Gasteiger partial charge in [0.1, 0.15) is 11.6 Å². The summed E-state index contributed by atoms with van der Waals surface area (Å²) in [7, 11) is 1.81. The Hall–Kier alpha value is -1.00. The van der Waals surface area contributed by atoms with Crippen molar-refractivity contribution in [1.82, 2.24) is 4.90 Å². The van der Waals surface area contributed by atoms with E-state index in [0.29, 0.717) is 0 Å². The Labute approximate surface area is 106 Å². The summed E-state index contributed by atoms with van der Waals surface area (Å²) in [5.41, 5.74) is 0.0813. The monoisotopic (exact) mass is 255 g/mol. The van der Waals surface area contributed by atoms with Crippen LogP contribution in [-0.2, 0) is 6.54 Å². The van der Waals surface area contributed by atoms with E-state index < -0.39 is 17.7 Å². The third-order valence-corrected chi connectivity index (χ3v) is 3.73. The molecule has 0 heterocycles. The molecule has 2 atom stereocenters. The van der Waals surface area contributed by atoms with Crippen molar-refractivity contribution in [2.45, 2.75) is 44.4 Å². The number of nitrogens with zero attached hydrogens (tertiary/aromatic N) is 1. The van der Waals surface area contributed by atoms with Crippen LogP contribution in [0.25, 0.3) is 0 Å². The zero-order valence-corrected chi connectivity index (χ0v) is 10.6. The number of likely N-dealkylation sites (N-methyl/N-ethyl adjacent to an activating group) is 1. The number of halogens is 2. The van der Waals surface area contributed by atoms with Crippen molar-refractivity contribution in [1.29, 1.82) is 0 Å². The van der Waals surface area contributed by atoms with Crippen molar-refractivity contribution in [3.8, 4) is 0 Å². The van der Waals surface area contributed by atoms with Gasteiger partial charge in [-0.15, -0.1) is 0 Å². The number of hydrogen-bond donors (Lipinski definition) is 1. The van der Waals surface area contributed by atoms with Crippen molar-refractivity contribution in [2.75, 3.05) is 7.05 Å². The second-order valence-electron chi connectivity index (χ2n) is 5.03. The van der Waals surface area contributed by atoms with E-state index in [2.05, 4.69) is 0 Å². The molecule has 1 aliphatic carbocycles. The fourth-order valence-electron chi connectivity index (χ4n) is 2.66. The van der Waals surface area contributed by atoms with Gasteiger partial charge in [0, 0.05) is 18.2 Å². The minimum atomic E-state index is -0.521. The zero-order valence-electron chi connectivity index (χ0n) is 10.6. The summed E-state index contributed by atoms with van der Waals surface area (Å²) in [6.45, 7) is 0.195. The van der Waals surface area contributed by atoms with Gasteiger partial charge in [0.25, 0.3) is 0 Å². The van der Waals surface area contributed by atoms with Gasteiger partial charge in [-0.05, 0) is 32.0 Å². The average molecular weight is 255 g/mol. The third-order valence-electron chi connectivity index (χ3n) is 3.73. The predicted octanol–water partition coefficient (Wildman–Crippen LogP) is 2.70. The molecule has 0 spiro atoms. The van der Waals surface area contributed by atoms with Crippen LogP contribution >= 0.6 is 0 Å². The van der Waals surface area contributed by atoms with Gasteiger partial charge in [0.05, 0.1) is 6.10 Å². The Balaban J connectivity index is 2.08. The van der Waals surface area contributed by atoms with Gasteiger partial charge in [-0.1, -0.05) is 18.9 Å². The lowest BCUT2D eigenvalue weighted by atomic mass is 9.91. The lowest BCUT2D eigenvalue weighted by Gasteiger charge is -2.35. The molecular formula is C14H19F2NO. The first kappa shape index (κ1) is 13.4. The first-order chi connectivity index (χ1) is 8.59. The summed E-state index contributed by atoms with van der Waals surface area (Å²) < 4.78 is 27.1. The summed E-state index contributed by atoms with van der Waals surface area (Å²) in [4.78, 5) is 1.85. The van der Waals surface area contributed by atoms with E-state index in [0.717, 1.165) is 25.7 Å². The van der Waals surface area contributed by atoms with Crippen LogP contribution in [-0.4, -0.2) is 29.2 Å². The molecule has 2 nitrogen and oxygen atoms in total. The molecule has 1 aliphatic rings. The summed E-state index contributed by atoms with van der Waals surface area (Å²) in [5, 5.41) is 9.93. The van der Waals surface area contributed by atoms with Crippen molar-refractivity contribution in [3.63, 3.8) is 0 Å². The normalized spacial score (nSPS) is 24.5. The fourth-order valence-corrected chi connectivity index (χ4v) is 2.66. The van der Waals surface area contributed by atoms with E-state index in [1.54, 1.807) is 0 Å². The maximum absolute atomic E-state index is 13.5. The molecule has 1 N–H and O–H groups in total.